The van der Waals surface area contributed by atoms with Crippen molar-refractivity contribution in [2.75, 3.05) is 0 Å². The summed E-state index contributed by atoms with van der Waals surface area (Å²) in [5.74, 6) is -0.780. The fourth-order valence-corrected chi connectivity index (χ4v) is 2.85. The smallest absolute Gasteiger partial charge is 0.123 e. The van der Waals surface area contributed by atoms with E-state index in [1.807, 2.05) is 0 Å². The second-order valence-electron chi connectivity index (χ2n) is 5.18. The maximum Gasteiger partial charge on any atom is 0.123 e. The Morgan fingerprint density at radius 1 is 0.895 bits per heavy atom. The van der Waals surface area contributed by atoms with Crippen molar-refractivity contribution in [3.8, 4) is 0 Å². The van der Waals surface area contributed by atoms with E-state index < -0.39 is 5.60 Å². The summed E-state index contributed by atoms with van der Waals surface area (Å²) in [6.07, 6.45) is 1.43. The van der Waals surface area contributed by atoms with Crippen LogP contribution in [0.25, 0.3) is 0 Å². The van der Waals surface area contributed by atoms with Gasteiger partial charge in [0.2, 0.25) is 0 Å². The van der Waals surface area contributed by atoms with E-state index in [1.165, 1.54) is 24.3 Å². The molecule has 0 unspecified atom stereocenters. The molecule has 1 aliphatic carbocycles. The van der Waals surface area contributed by atoms with Gasteiger partial charge in [-0.2, -0.15) is 0 Å². The number of rotatable bonds is 0. The van der Waals surface area contributed by atoms with Gasteiger partial charge in [0.1, 0.15) is 17.2 Å². The zero-order chi connectivity index (χ0) is 13.6. The quantitative estimate of drug-likeness (QED) is 0.770. The van der Waals surface area contributed by atoms with Gasteiger partial charge in [0.05, 0.1) is 0 Å². The first-order valence-corrected chi connectivity index (χ1v) is 6.28. The topological polar surface area (TPSA) is 20.2 Å². The third kappa shape index (κ3) is 1.94. The molecule has 1 N–H and O–H groups in total. The molecule has 1 nitrogen and oxygen atoms in total. The minimum absolute atomic E-state index is 0.390. The Kier molecular flexibility index (Phi) is 2.68. The van der Waals surface area contributed by atoms with Crippen molar-refractivity contribution in [2.45, 2.75) is 25.4 Å². The van der Waals surface area contributed by atoms with Gasteiger partial charge in [-0.1, -0.05) is 12.1 Å². The van der Waals surface area contributed by atoms with E-state index in [0.717, 1.165) is 11.1 Å². The van der Waals surface area contributed by atoms with Crippen molar-refractivity contribution < 1.29 is 13.9 Å². The fraction of sp³-hybridized carbons (Fsp3) is 0.250. The third-order valence-corrected chi connectivity index (χ3v) is 3.86. The molecule has 0 aliphatic heterocycles. The molecule has 0 heterocycles. The number of benzene rings is 2. The molecular formula is C16H14F2O. The SMILES string of the molecule is CC1(O)c2cc(F)ccc2CCc2ccc(F)cc21. The summed E-state index contributed by atoms with van der Waals surface area (Å²) >= 11 is 0. The van der Waals surface area contributed by atoms with Crippen LogP contribution in [-0.4, -0.2) is 5.11 Å². The van der Waals surface area contributed by atoms with Crippen molar-refractivity contribution in [3.63, 3.8) is 0 Å². The zero-order valence-corrected chi connectivity index (χ0v) is 10.6. The standard InChI is InChI=1S/C16H14F2O/c1-16(19)14-8-12(17)6-4-10(14)2-3-11-5-7-13(18)9-15(11)16/h4-9,19H,2-3H2,1H3. The van der Waals surface area contributed by atoms with Crippen molar-refractivity contribution >= 4 is 0 Å². The molecule has 0 saturated heterocycles. The van der Waals surface area contributed by atoms with Crippen molar-refractivity contribution in [1.29, 1.82) is 0 Å². The van der Waals surface area contributed by atoms with Crippen LogP contribution in [0.4, 0.5) is 8.78 Å². The van der Waals surface area contributed by atoms with Crippen LogP contribution in [0.15, 0.2) is 36.4 Å². The van der Waals surface area contributed by atoms with Gasteiger partial charge in [-0.25, -0.2) is 8.78 Å². The average molecular weight is 260 g/mol. The molecule has 0 atom stereocenters. The highest BCUT2D eigenvalue weighted by Gasteiger charge is 2.33. The van der Waals surface area contributed by atoms with Gasteiger partial charge in [0.15, 0.2) is 0 Å². The van der Waals surface area contributed by atoms with Gasteiger partial charge >= 0.3 is 0 Å². The number of hydrogen-bond acceptors (Lipinski definition) is 1. The lowest BCUT2D eigenvalue weighted by Gasteiger charge is -2.26. The van der Waals surface area contributed by atoms with Crippen LogP contribution in [0.1, 0.15) is 29.2 Å². The molecule has 0 bridgehead atoms. The highest BCUT2D eigenvalue weighted by Crippen LogP contribution is 2.37. The molecular weight excluding hydrogens is 246 g/mol. The molecule has 0 amide bonds. The lowest BCUT2D eigenvalue weighted by molar-refractivity contribution is 0.101. The van der Waals surface area contributed by atoms with Crippen LogP contribution in [0.5, 0.6) is 0 Å². The van der Waals surface area contributed by atoms with Crippen LogP contribution in [0.3, 0.4) is 0 Å². The van der Waals surface area contributed by atoms with Crippen LogP contribution in [-0.2, 0) is 18.4 Å². The second-order valence-corrected chi connectivity index (χ2v) is 5.18. The molecule has 3 heteroatoms. The monoisotopic (exact) mass is 260 g/mol. The van der Waals surface area contributed by atoms with Gasteiger partial charge < -0.3 is 5.11 Å². The van der Waals surface area contributed by atoms with Crippen molar-refractivity contribution in [3.05, 3.63) is 70.3 Å². The average Bonchev–Trinajstić information content (AvgIpc) is 2.47. The minimum Gasteiger partial charge on any atom is -0.381 e. The highest BCUT2D eigenvalue weighted by molar-refractivity contribution is 5.47. The lowest BCUT2D eigenvalue weighted by atomic mass is 9.85. The van der Waals surface area contributed by atoms with Crippen LogP contribution < -0.4 is 0 Å². The van der Waals surface area contributed by atoms with Gasteiger partial charge in [0.25, 0.3) is 0 Å². The summed E-state index contributed by atoms with van der Waals surface area (Å²) in [4.78, 5) is 0. The summed E-state index contributed by atoms with van der Waals surface area (Å²) < 4.78 is 26.9. The molecule has 0 saturated carbocycles. The Labute approximate surface area is 110 Å². The normalized spacial score (nSPS) is 16.4. The Hall–Kier alpha value is -1.74. The summed E-state index contributed by atoms with van der Waals surface area (Å²) in [6, 6.07) is 8.87. The van der Waals surface area contributed by atoms with Gasteiger partial charge in [-0.15, -0.1) is 0 Å². The molecule has 19 heavy (non-hydrogen) atoms. The maximum absolute atomic E-state index is 13.4. The van der Waals surface area contributed by atoms with E-state index in [1.54, 1.807) is 19.1 Å². The van der Waals surface area contributed by atoms with Crippen molar-refractivity contribution in [1.82, 2.24) is 0 Å². The Balaban J connectivity index is 2.28. The molecule has 3 rings (SSSR count). The first-order chi connectivity index (χ1) is 8.98. The summed E-state index contributed by atoms with van der Waals surface area (Å²) in [5, 5.41) is 10.8. The molecule has 2 aromatic rings. The number of fused-ring (bicyclic) bond motifs is 2. The summed E-state index contributed by atoms with van der Waals surface area (Å²) in [6.45, 7) is 1.59. The molecule has 1 aliphatic rings. The maximum atomic E-state index is 13.4. The number of halogens is 2. The van der Waals surface area contributed by atoms with Gasteiger partial charge in [-0.05, 0) is 66.3 Å². The first kappa shape index (κ1) is 12.3. The Morgan fingerprint density at radius 3 is 1.74 bits per heavy atom. The van der Waals surface area contributed by atoms with E-state index in [4.69, 9.17) is 0 Å². The van der Waals surface area contributed by atoms with E-state index >= 15 is 0 Å². The van der Waals surface area contributed by atoms with Gasteiger partial charge in [-0.3, -0.25) is 0 Å². The Bertz CT molecular complexity index is 592. The zero-order valence-electron chi connectivity index (χ0n) is 10.6. The second kappa shape index (κ2) is 4.14. The summed E-state index contributed by atoms with van der Waals surface area (Å²) in [7, 11) is 0. The number of hydrogen-bond donors (Lipinski definition) is 1. The molecule has 0 spiro atoms. The van der Waals surface area contributed by atoms with Gasteiger partial charge in [0, 0.05) is 0 Å². The molecule has 0 radical (unpaired) electrons. The largest absolute Gasteiger partial charge is 0.381 e. The minimum atomic E-state index is -1.37. The van der Waals surface area contributed by atoms with Crippen molar-refractivity contribution in [2.24, 2.45) is 0 Å². The predicted molar refractivity (Wildman–Crippen MR) is 68.9 cm³/mol. The molecule has 2 aromatic carbocycles. The highest BCUT2D eigenvalue weighted by atomic mass is 19.1. The third-order valence-electron chi connectivity index (χ3n) is 3.86. The number of aryl methyl sites for hydroxylation is 2. The van der Waals surface area contributed by atoms with Crippen LogP contribution >= 0.6 is 0 Å². The summed E-state index contributed by atoms with van der Waals surface area (Å²) in [5.41, 5.74) is 1.49. The fourth-order valence-electron chi connectivity index (χ4n) is 2.85. The lowest BCUT2D eigenvalue weighted by Crippen LogP contribution is -2.24. The number of aliphatic hydroxyl groups is 1. The van der Waals surface area contributed by atoms with E-state index in [2.05, 4.69) is 0 Å². The van der Waals surface area contributed by atoms with E-state index in [0.29, 0.717) is 24.0 Å². The molecule has 98 valence electrons. The predicted octanol–water partition coefficient (Wildman–Crippen LogP) is 3.32. The van der Waals surface area contributed by atoms with Crippen LogP contribution in [0.2, 0.25) is 0 Å². The first-order valence-electron chi connectivity index (χ1n) is 6.28. The molecule has 0 fully saturated rings. The Morgan fingerprint density at radius 2 is 1.32 bits per heavy atom. The van der Waals surface area contributed by atoms with E-state index in [9.17, 15) is 13.9 Å². The molecule has 0 aromatic heterocycles. The van der Waals surface area contributed by atoms with E-state index in [-0.39, 0.29) is 11.6 Å². The van der Waals surface area contributed by atoms with Crippen LogP contribution in [0, 0.1) is 11.6 Å².